The molecule has 0 spiro atoms. The summed E-state index contributed by atoms with van der Waals surface area (Å²) in [5.41, 5.74) is 5.47. The van der Waals surface area contributed by atoms with Crippen molar-refractivity contribution in [2.24, 2.45) is 0 Å². The number of rotatable bonds is 3. The normalized spacial score (nSPS) is 15.1. The summed E-state index contributed by atoms with van der Waals surface area (Å²) >= 11 is 1.45. The molecule has 0 atom stereocenters. The molecule has 0 aliphatic carbocycles. The molecule has 2 aromatic heterocycles. The summed E-state index contributed by atoms with van der Waals surface area (Å²) < 4.78 is 7.42. The van der Waals surface area contributed by atoms with Crippen LogP contribution in [0.5, 0.6) is 0 Å². The number of amides is 1. The minimum absolute atomic E-state index is 0.125. The number of nitrogens with zero attached hydrogens (tertiary/aromatic N) is 4. The fourth-order valence-electron chi connectivity index (χ4n) is 3.43. The van der Waals surface area contributed by atoms with Crippen LogP contribution in [0.4, 0.5) is 0 Å². The van der Waals surface area contributed by atoms with E-state index in [0.29, 0.717) is 32.1 Å². The molecule has 0 bridgehead atoms. The van der Waals surface area contributed by atoms with Crippen LogP contribution < -0.4 is 0 Å². The molecule has 3 aromatic rings. The molecule has 1 aliphatic rings. The summed E-state index contributed by atoms with van der Waals surface area (Å²) in [5.74, 6) is 0.487. The molecular weight excluding hydrogens is 348 g/mol. The second-order valence-corrected chi connectivity index (χ2v) is 7.65. The van der Waals surface area contributed by atoms with Gasteiger partial charge in [-0.05, 0) is 43.5 Å². The van der Waals surface area contributed by atoms with E-state index >= 15 is 0 Å². The first kappa shape index (κ1) is 17.3. The highest BCUT2D eigenvalue weighted by atomic mass is 32.2. The Kier molecular flexibility index (Phi) is 4.58. The van der Waals surface area contributed by atoms with Gasteiger partial charge in [-0.25, -0.2) is 0 Å². The van der Waals surface area contributed by atoms with Crippen molar-refractivity contribution in [3.8, 4) is 0 Å². The van der Waals surface area contributed by atoms with E-state index in [-0.39, 0.29) is 5.91 Å². The molecule has 26 heavy (non-hydrogen) atoms. The van der Waals surface area contributed by atoms with Crippen molar-refractivity contribution in [2.75, 3.05) is 32.1 Å². The number of thioether (sulfide) groups is 1. The number of carbonyl (C=O) groups is 1. The molecule has 4 rings (SSSR count). The fourth-order valence-corrected chi connectivity index (χ4v) is 4.27. The van der Waals surface area contributed by atoms with Gasteiger partial charge in [0, 0.05) is 18.5 Å². The van der Waals surface area contributed by atoms with Crippen LogP contribution >= 0.6 is 11.8 Å². The molecule has 1 aromatic carbocycles. The van der Waals surface area contributed by atoms with Gasteiger partial charge in [-0.15, -0.1) is 10.2 Å². The van der Waals surface area contributed by atoms with Crippen LogP contribution in [-0.4, -0.2) is 57.5 Å². The molecule has 1 saturated heterocycles. The Labute approximate surface area is 156 Å². The van der Waals surface area contributed by atoms with Gasteiger partial charge in [0.15, 0.2) is 10.8 Å². The largest absolute Gasteiger partial charge is 0.378 e. The van der Waals surface area contributed by atoms with Gasteiger partial charge in [0.1, 0.15) is 0 Å². The lowest BCUT2D eigenvalue weighted by Crippen LogP contribution is -2.41. The van der Waals surface area contributed by atoms with Crippen molar-refractivity contribution in [1.29, 1.82) is 0 Å². The number of hydrogen-bond donors (Lipinski definition) is 0. The van der Waals surface area contributed by atoms with Gasteiger partial charge in [-0.3, -0.25) is 9.20 Å². The highest BCUT2D eigenvalue weighted by molar-refractivity contribution is 7.99. The first-order valence-corrected chi connectivity index (χ1v) is 9.78. The van der Waals surface area contributed by atoms with Gasteiger partial charge in [-0.1, -0.05) is 23.9 Å². The van der Waals surface area contributed by atoms with Crippen molar-refractivity contribution in [1.82, 2.24) is 19.5 Å². The number of benzene rings is 1. The van der Waals surface area contributed by atoms with Crippen molar-refractivity contribution >= 4 is 34.2 Å². The van der Waals surface area contributed by atoms with E-state index < -0.39 is 0 Å². The Morgan fingerprint density at radius 1 is 1.12 bits per heavy atom. The number of aromatic nitrogens is 3. The second kappa shape index (κ2) is 6.89. The van der Waals surface area contributed by atoms with E-state index in [4.69, 9.17) is 4.74 Å². The van der Waals surface area contributed by atoms with Crippen LogP contribution in [0.3, 0.4) is 0 Å². The summed E-state index contributed by atoms with van der Waals surface area (Å²) in [4.78, 5) is 14.3. The van der Waals surface area contributed by atoms with E-state index in [1.165, 1.54) is 28.3 Å². The molecule has 7 heteroatoms. The zero-order valence-corrected chi connectivity index (χ0v) is 16.1. The predicted octanol–water partition coefficient (Wildman–Crippen LogP) is 2.76. The summed E-state index contributed by atoms with van der Waals surface area (Å²) in [5, 5.41) is 10.7. The molecule has 0 unspecified atom stereocenters. The maximum atomic E-state index is 12.5. The quantitative estimate of drug-likeness (QED) is 0.664. The molecular formula is C19H22N4O2S. The Morgan fingerprint density at radius 2 is 1.85 bits per heavy atom. The first-order valence-electron chi connectivity index (χ1n) is 8.79. The lowest BCUT2D eigenvalue weighted by atomic mass is 10.0. The summed E-state index contributed by atoms with van der Waals surface area (Å²) in [6.45, 7) is 8.84. The van der Waals surface area contributed by atoms with E-state index in [0.717, 1.165) is 21.9 Å². The highest BCUT2D eigenvalue weighted by Crippen LogP contribution is 2.29. The Bertz CT molecular complexity index is 992. The highest BCUT2D eigenvalue weighted by Gasteiger charge is 2.19. The number of hydrogen-bond acceptors (Lipinski definition) is 5. The van der Waals surface area contributed by atoms with Crippen molar-refractivity contribution in [3.05, 3.63) is 34.9 Å². The molecule has 1 fully saturated rings. The minimum Gasteiger partial charge on any atom is -0.378 e. The Hall–Kier alpha value is -2.12. The number of pyridine rings is 1. The molecule has 0 saturated carbocycles. The van der Waals surface area contributed by atoms with Crippen molar-refractivity contribution in [3.63, 3.8) is 0 Å². The lowest BCUT2D eigenvalue weighted by Gasteiger charge is -2.26. The van der Waals surface area contributed by atoms with E-state index in [1.54, 1.807) is 0 Å². The van der Waals surface area contributed by atoms with Crippen molar-refractivity contribution in [2.45, 2.75) is 25.9 Å². The van der Waals surface area contributed by atoms with Gasteiger partial charge in [0.25, 0.3) is 0 Å². The molecule has 0 radical (unpaired) electrons. The van der Waals surface area contributed by atoms with E-state index in [2.05, 4.69) is 53.6 Å². The summed E-state index contributed by atoms with van der Waals surface area (Å²) in [7, 11) is 0. The Balaban J connectivity index is 1.72. The number of morpholine rings is 1. The van der Waals surface area contributed by atoms with E-state index in [1.807, 2.05) is 4.90 Å². The first-order chi connectivity index (χ1) is 12.6. The number of fused-ring (bicyclic) bond motifs is 3. The van der Waals surface area contributed by atoms with Crippen molar-refractivity contribution < 1.29 is 9.53 Å². The van der Waals surface area contributed by atoms with Gasteiger partial charge in [0.05, 0.1) is 24.5 Å². The summed E-state index contributed by atoms with van der Waals surface area (Å²) in [6.07, 6.45) is 0. The summed E-state index contributed by atoms with van der Waals surface area (Å²) in [6, 6.07) is 6.44. The molecule has 3 heterocycles. The predicted molar refractivity (Wildman–Crippen MR) is 103 cm³/mol. The van der Waals surface area contributed by atoms with Gasteiger partial charge >= 0.3 is 0 Å². The average Bonchev–Trinajstić information content (AvgIpc) is 3.08. The molecule has 1 amide bonds. The average molecular weight is 370 g/mol. The van der Waals surface area contributed by atoms with Crippen LogP contribution in [0.2, 0.25) is 0 Å². The third-order valence-corrected chi connectivity index (χ3v) is 5.81. The number of carbonyl (C=O) groups excluding carboxylic acids is 1. The van der Waals surface area contributed by atoms with Crippen LogP contribution in [0.25, 0.3) is 16.6 Å². The second-order valence-electron chi connectivity index (χ2n) is 6.71. The SMILES string of the molecule is Cc1ccc(C)c2c1cc(C)c1nnc(SCC(=O)N3CCOCC3)n12. The molecule has 0 N–H and O–H groups in total. The minimum atomic E-state index is 0.125. The fraction of sp³-hybridized carbons (Fsp3) is 0.421. The van der Waals surface area contributed by atoms with Gasteiger partial charge < -0.3 is 9.64 Å². The third-order valence-electron chi connectivity index (χ3n) is 4.90. The van der Waals surface area contributed by atoms with Gasteiger partial charge in [0.2, 0.25) is 5.91 Å². The monoisotopic (exact) mass is 370 g/mol. The topological polar surface area (TPSA) is 59.7 Å². The maximum Gasteiger partial charge on any atom is 0.233 e. The van der Waals surface area contributed by atoms with E-state index in [9.17, 15) is 4.79 Å². The third kappa shape index (κ3) is 2.95. The van der Waals surface area contributed by atoms with Crippen LogP contribution in [-0.2, 0) is 9.53 Å². The zero-order valence-electron chi connectivity index (χ0n) is 15.3. The van der Waals surface area contributed by atoms with Gasteiger partial charge in [-0.2, -0.15) is 0 Å². The maximum absolute atomic E-state index is 12.5. The molecule has 1 aliphatic heterocycles. The lowest BCUT2D eigenvalue weighted by molar-refractivity contribution is -0.132. The molecule has 6 nitrogen and oxygen atoms in total. The molecule has 136 valence electrons. The smallest absolute Gasteiger partial charge is 0.233 e. The standard InChI is InChI=1S/C19H22N4O2S/c1-12-4-5-13(2)17-15(12)10-14(3)18-20-21-19(23(17)18)26-11-16(24)22-6-8-25-9-7-22/h4-5,10H,6-9,11H2,1-3H3. The number of aryl methyl sites for hydroxylation is 3. The Morgan fingerprint density at radius 3 is 2.62 bits per heavy atom. The van der Waals surface area contributed by atoms with Crippen LogP contribution in [0.1, 0.15) is 16.7 Å². The van der Waals surface area contributed by atoms with Crippen LogP contribution in [0, 0.1) is 20.8 Å². The van der Waals surface area contributed by atoms with Crippen LogP contribution in [0.15, 0.2) is 23.4 Å². The zero-order chi connectivity index (χ0) is 18.3. The number of ether oxygens (including phenoxy) is 1.